The molecule has 0 aliphatic rings. The normalized spacial score (nSPS) is 13.2. The zero-order valence-electron chi connectivity index (χ0n) is 15.5. The fraction of sp³-hybridized carbons (Fsp3) is 0.263. The molecule has 3 rings (SSSR count). The van der Waals surface area contributed by atoms with Crippen molar-refractivity contribution in [1.29, 1.82) is 0 Å². The largest absolute Gasteiger partial charge is 0.609 e. The van der Waals surface area contributed by atoms with E-state index in [2.05, 4.69) is 15.0 Å². The molecule has 8 heteroatoms. The minimum absolute atomic E-state index is 0.253. The Hall–Kier alpha value is -2.71. The molecule has 140 valence electrons. The maximum Gasteiger partial charge on any atom is 0.343 e. The van der Waals surface area contributed by atoms with Crippen molar-refractivity contribution in [3.8, 4) is 0 Å². The van der Waals surface area contributed by atoms with Gasteiger partial charge in [0.2, 0.25) is 0 Å². The van der Waals surface area contributed by atoms with Gasteiger partial charge in [0.25, 0.3) is 0 Å². The number of rotatable bonds is 5. The second-order valence-corrected chi connectivity index (χ2v) is 7.50. The monoisotopic (exact) mass is 384 g/mol. The SMILES string of the molecule is C[C@@H](OC(=O)c1ccccc1)c1cc2cnc([S+](C)[O-])nc2c(N(C)C)n1. The van der Waals surface area contributed by atoms with Crippen LogP contribution in [0.25, 0.3) is 10.9 Å². The van der Waals surface area contributed by atoms with Gasteiger partial charge in [-0.3, -0.25) is 0 Å². The van der Waals surface area contributed by atoms with E-state index >= 15 is 0 Å². The number of ether oxygens (including phenoxy) is 1. The van der Waals surface area contributed by atoms with Crippen molar-refractivity contribution in [2.45, 2.75) is 18.2 Å². The Bertz CT molecular complexity index is 964. The highest BCUT2D eigenvalue weighted by molar-refractivity contribution is 7.90. The summed E-state index contributed by atoms with van der Waals surface area (Å²) in [6.07, 6.45) is 2.59. The van der Waals surface area contributed by atoms with Gasteiger partial charge in [-0.15, -0.1) is 0 Å². The fourth-order valence-electron chi connectivity index (χ4n) is 2.55. The molecule has 1 unspecified atom stereocenters. The molecule has 1 aromatic carbocycles. The maximum absolute atomic E-state index is 12.3. The Morgan fingerprint density at radius 3 is 2.56 bits per heavy atom. The molecule has 0 radical (unpaired) electrons. The molecule has 0 N–H and O–H groups in total. The third-order valence-electron chi connectivity index (χ3n) is 3.94. The first-order chi connectivity index (χ1) is 12.9. The highest BCUT2D eigenvalue weighted by Gasteiger charge is 2.20. The summed E-state index contributed by atoms with van der Waals surface area (Å²) in [5.41, 5.74) is 1.67. The molecule has 0 fully saturated rings. The Morgan fingerprint density at radius 2 is 1.93 bits per heavy atom. The van der Waals surface area contributed by atoms with E-state index in [-0.39, 0.29) is 5.16 Å². The lowest BCUT2D eigenvalue weighted by Gasteiger charge is -2.18. The van der Waals surface area contributed by atoms with Crippen LogP contribution >= 0.6 is 0 Å². The number of anilines is 1. The van der Waals surface area contributed by atoms with Gasteiger partial charge in [0.1, 0.15) is 17.9 Å². The van der Waals surface area contributed by atoms with E-state index in [4.69, 9.17) is 4.74 Å². The Morgan fingerprint density at radius 1 is 1.22 bits per heavy atom. The Kier molecular flexibility index (Phi) is 5.57. The molecule has 0 spiro atoms. The standard InChI is InChI=1S/C19H20N4O3S/c1-12(26-18(24)13-8-6-5-7-9-13)15-10-14-11-20-19(27(4)25)22-16(14)17(21-15)23(2)3/h5-12H,1-4H3/t12-,27?/m1/s1. The predicted molar refractivity (Wildman–Crippen MR) is 104 cm³/mol. The summed E-state index contributed by atoms with van der Waals surface area (Å²) in [5.74, 6) is 0.184. The van der Waals surface area contributed by atoms with Crippen molar-refractivity contribution in [3.05, 3.63) is 53.9 Å². The van der Waals surface area contributed by atoms with Gasteiger partial charge in [-0.2, -0.15) is 9.97 Å². The number of nitrogens with zero attached hydrogens (tertiary/aromatic N) is 4. The van der Waals surface area contributed by atoms with Crippen molar-refractivity contribution in [1.82, 2.24) is 15.0 Å². The molecule has 0 saturated carbocycles. The van der Waals surface area contributed by atoms with E-state index in [9.17, 15) is 9.35 Å². The number of carbonyl (C=O) groups is 1. The van der Waals surface area contributed by atoms with Gasteiger partial charge in [-0.05, 0) is 25.1 Å². The van der Waals surface area contributed by atoms with Crippen LogP contribution in [0, 0.1) is 0 Å². The quantitative estimate of drug-likeness (QED) is 0.379. The minimum atomic E-state index is -1.29. The molecule has 0 amide bonds. The van der Waals surface area contributed by atoms with Crippen molar-refractivity contribution in [3.63, 3.8) is 0 Å². The lowest BCUT2D eigenvalue weighted by atomic mass is 10.2. The molecular weight excluding hydrogens is 364 g/mol. The number of esters is 1. The van der Waals surface area contributed by atoms with Crippen LogP contribution in [0.1, 0.15) is 29.1 Å². The van der Waals surface area contributed by atoms with Crippen LogP contribution in [0.3, 0.4) is 0 Å². The van der Waals surface area contributed by atoms with E-state index in [1.807, 2.05) is 25.1 Å². The number of fused-ring (bicyclic) bond motifs is 1. The summed E-state index contributed by atoms with van der Waals surface area (Å²) in [7, 11) is 3.69. The molecule has 2 heterocycles. The summed E-state index contributed by atoms with van der Waals surface area (Å²) in [6.45, 7) is 1.77. The van der Waals surface area contributed by atoms with Crippen LogP contribution in [0.4, 0.5) is 5.82 Å². The summed E-state index contributed by atoms with van der Waals surface area (Å²) in [4.78, 5) is 27.3. The van der Waals surface area contributed by atoms with Crippen molar-refractivity contribution >= 4 is 33.9 Å². The van der Waals surface area contributed by atoms with Crippen molar-refractivity contribution in [2.75, 3.05) is 25.3 Å². The summed E-state index contributed by atoms with van der Waals surface area (Å²) in [6, 6.07) is 10.6. The molecule has 7 nitrogen and oxygen atoms in total. The number of hydrogen-bond donors (Lipinski definition) is 0. The average Bonchev–Trinajstić information content (AvgIpc) is 2.66. The lowest BCUT2D eigenvalue weighted by Crippen LogP contribution is -2.16. The summed E-state index contributed by atoms with van der Waals surface area (Å²) >= 11 is -1.29. The van der Waals surface area contributed by atoms with Crippen LogP contribution in [-0.4, -0.2) is 45.8 Å². The molecule has 0 aliphatic carbocycles. The molecule has 0 aliphatic heterocycles. The van der Waals surface area contributed by atoms with Crippen LogP contribution in [0.5, 0.6) is 0 Å². The number of aromatic nitrogens is 3. The van der Waals surface area contributed by atoms with Gasteiger partial charge in [0.15, 0.2) is 5.82 Å². The second kappa shape index (κ2) is 7.89. The molecule has 0 saturated heterocycles. The first-order valence-electron chi connectivity index (χ1n) is 8.31. The van der Waals surface area contributed by atoms with Crippen LogP contribution in [0.2, 0.25) is 0 Å². The second-order valence-electron chi connectivity index (χ2n) is 6.22. The van der Waals surface area contributed by atoms with E-state index in [1.165, 1.54) is 6.26 Å². The molecule has 27 heavy (non-hydrogen) atoms. The van der Waals surface area contributed by atoms with Crippen molar-refractivity contribution < 1.29 is 14.1 Å². The van der Waals surface area contributed by atoms with E-state index < -0.39 is 23.2 Å². The molecule has 2 aromatic heterocycles. The summed E-state index contributed by atoms with van der Waals surface area (Å²) < 4.78 is 17.3. The lowest BCUT2D eigenvalue weighted by molar-refractivity contribution is 0.0330. The fourth-order valence-corrected chi connectivity index (χ4v) is 2.97. The zero-order valence-corrected chi connectivity index (χ0v) is 16.4. The number of hydrogen-bond acceptors (Lipinski definition) is 7. The highest BCUT2D eigenvalue weighted by atomic mass is 32.2. The van der Waals surface area contributed by atoms with Crippen LogP contribution in [0.15, 0.2) is 47.8 Å². The topological polar surface area (TPSA) is 91.3 Å². The molecular formula is C19H20N4O3S. The van der Waals surface area contributed by atoms with Crippen LogP contribution in [-0.2, 0) is 15.9 Å². The Labute approximate surface area is 160 Å². The van der Waals surface area contributed by atoms with Gasteiger partial charge in [0.05, 0.1) is 11.3 Å². The smallest absolute Gasteiger partial charge is 0.343 e. The van der Waals surface area contributed by atoms with Crippen LogP contribution < -0.4 is 4.90 Å². The first-order valence-corrected chi connectivity index (χ1v) is 9.87. The minimum Gasteiger partial charge on any atom is -0.609 e. The third kappa shape index (κ3) is 4.17. The maximum atomic E-state index is 12.3. The van der Waals surface area contributed by atoms with E-state index in [0.717, 1.165) is 5.39 Å². The third-order valence-corrected chi connectivity index (χ3v) is 4.65. The molecule has 3 aromatic rings. The zero-order chi connectivity index (χ0) is 19.6. The van der Waals surface area contributed by atoms with Gasteiger partial charge < -0.3 is 14.2 Å². The van der Waals surface area contributed by atoms with Gasteiger partial charge >= 0.3 is 11.1 Å². The van der Waals surface area contributed by atoms with Crippen molar-refractivity contribution in [2.24, 2.45) is 0 Å². The first kappa shape index (κ1) is 19.1. The molecule has 0 bridgehead atoms. The highest BCUT2D eigenvalue weighted by Crippen LogP contribution is 2.27. The average molecular weight is 384 g/mol. The summed E-state index contributed by atoms with van der Waals surface area (Å²) in [5, 5.41) is 0.990. The molecule has 2 atom stereocenters. The van der Waals surface area contributed by atoms with Gasteiger partial charge in [-0.1, -0.05) is 18.2 Å². The number of carbonyl (C=O) groups excluding carboxylic acids is 1. The Balaban J connectivity index is 1.96. The van der Waals surface area contributed by atoms with E-state index in [1.54, 1.807) is 43.5 Å². The number of benzene rings is 1. The van der Waals surface area contributed by atoms with Gasteiger partial charge in [0, 0.05) is 36.9 Å². The van der Waals surface area contributed by atoms with E-state index in [0.29, 0.717) is 22.6 Å². The predicted octanol–water partition coefficient (Wildman–Crippen LogP) is 2.75. The number of pyridine rings is 1. The van der Waals surface area contributed by atoms with Gasteiger partial charge in [-0.25, -0.2) is 9.78 Å².